The number of ether oxygens (including phenoxy) is 8. The Balaban J connectivity index is 1.58. The van der Waals surface area contributed by atoms with E-state index < -0.39 is 116 Å². The van der Waals surface area contributed by atoms with Gasteiger partial charge in [0.15, 0.2) is 6.10 Å². The van der Waals surface area contributed by atoms with Crippen LogP contribution in [0, 0.1) is 5.92 Å². The van der Waals surface area contributed by atoms with Gasteiger partial charge in [-0.3, -0.25) is 14.4 Å². The van der Waals surface area contributed by atoms with Crippen LogP contribution < -0.4 is 9.47 Å². The van der Waals surface area contributed by atoms with Gasteiger partial charge >= 0.3 is 23.9 Å². The first-order chi connectivity index (χ1) is 25.1. The van der Waals surface area contributed by atoms with E-state index in [-0.39, 0.29) is 29.4 Å². The van der Waals surface area contributed by atoms with Crippen LogP contribution in [-0.2, 0) is 49.4 Å². The van der Waals surface area contributed by atoms with Crippen molar-refractivity contribution in [2.75, 3.05) is 13.2 Å². The average Bonchev–Trinajstić information content (AvgIpc) is 3.09. The maximum Gasteiger partial charge on any atom is 0.346 e. The minimum atomic E-state index is -1.71. The first-order valence-electron chi connectivity index (χ1n) is 16.7. The predicted octanol–water partition coefficient (Wildman–Crippen LogP) is -0.155. The number of phenols is 1. The molecule has 2 heterocycles. The fraction of sp³-hybridized carbons (Fsp3) is 0.543. The van der Waals surface area contributed by atoms with Crippen molar-refractivity contribution in [3.05, 3.63) is 53.6 Å². The fourth-order valence-electron chi connectivity index (χ4n) is 5.50. The highest BCUT2D eigenvalue weighted by atomic mass is 16.7. The van der Waals surface area contributed by atoms with Crippen LogP contribution in [-0.4, -0.2) is 129 Å². The average molecular weight is 753 g/mol. The zero-order valence-corrected chi connectivity index (χ0v) is 29.3. The molecule has 18 nitrogen and oxygen atoms in total. The standard InChI is InChI=1S/C35H44O18/c1-16(2)12-25(40)53-31-28(42)24(15-46-17(3)37)52-35(32(31)48-18(4)38)50-22-11-7-9-20(39)26(22)33(45)47-14-19-8-5-6-10-21(19)49-34-30(44)29(43)27(41)23(13-36)51-34/h5-11,16,23-24,27-32,34-36,39,41-44H,12-15H2,1-4H3/t23-,24-,27-,28-,29+,30-,31+,32-,34-,35-/m1/s1. The van der Waals surface area contributed by atoms with Gasteiger partial charge in [-0.25, -0.2) is 4.79 Å². The van der Waals surface area contributed by atoms with Gasteiger partial charge in [0.25, 0.3) is 0 Å². The van der Waals surface area contributed by atoms with E-state index in [2.05, 4.69) is 0 Å². The topological polar surface area (TPSA) is 263 Å². The van der Waals surface area contributed by atoms with Gasteiger partial charge in [0.1, 0.15) is 72.6 Å². The summed E-state index contributed by atoms with van der Waals surface area (Å²) in [5.41, 5.74) is -0.282. The zero-order valence-electron chi connectivity index (χ0n) is 29.3. The highest BCUT2D eigenvalue weighted by Crippen LogP contribution is 2.35. The van der Waals surface area contributed by atoms with Crippen molar-refractivity contribution in [3.63, 3.8) is 0 Å². The summed E-state index contributed by atoms with van der Waals surface area (Å²) in [7, 11) is 0. The SMILES string of the molecule is CC(=O)OC[C@H]1O[C@@H](Oc2cccc(O)c2C(=O)OCc2ccccc2O[C@@H]2O[C@H](CO)[C@@H](O)[C@H](O)[C@H]2O)[C@H](OC(C)=O)[C@@H](OC(=O)CC(C)C)[C@@H]1O. The van der Waals surface area contributed by atoms with E-state index in [1.165, 1.54) is 24.3 Å². The molecule has 2 fully saturated rings. The third kappa shape index (κ3) is 10.5. The third-order valence-electron chi connectivity index (χ3n) is 8.09. The number of carbonyl (C=O) groups is 4. The number of phenolic OH excluding ortho intramolecular Hbond substituents is 1. The Morgan fingerprint density at radius 3 is 2.06 bits per heavy atom. The maximum atomic E-state index is 13.5. The van der Waals surface area contributed by atoms with Crippen LogP contribution in [0.1, 0.15) is 50.0 Å². The molecule has 53 heavy (non-hydrogen) atoms. The smallest absolute Gasteiger partial charge is 0.346 e. The van der Waals surface area contributed by atoms with Crippen LogP contribution in [0.2, 0.25) is 0 Å². The van der Waals surface area contributed by atoms with Crippen molar-refractivity contribution in [2.24, 2.45) is 5.92 Å². The molecular formula is C35H44O18. The first-order valence-corrected chi connectivity index (χ1v) is 16.7. The number of rotatable bonds is 14. The van der Waals surface area contributed by atoms with E-state index in [1.54, 1.807) is 26.0 Å². The monoisotopic (exact) mass is 752 g/mol. The number of aliphatic hydroxyl groups is 5. The summed E-state index contributed by atoms with van der Waals surface area (Å²) in [6.07, 6.45) is -15.8. The van der Waals surface area contributed by atoms with Crippen LogP contribution in [0.5, 0.6) is 17.2 Å². The van der Waals surface area contributed by atoms with E-state index in [4.69, 9.17) is 37.9 Å². The Bertz CT molecular complexity index is 1580. The quantitative estimate of drug-likeness (QED) is 0.108. The molecule has 2 saturated heterocycles. The molecule has 0 aromatic heterocycles. The molecule has 4 rings (SSSR count). The number of para-hydroxylation sites is 1. The van der Waals surface area contributed by atoms with Crippen molar-refractivity contribution < 1.29 is 87.7 Å². The number of aliphatic hydroxyl groups excluding tert-OH is 5. The van der Waals surface area contributed by atoms with Gasteiger partial charge in [-0.15, -0.1) is 0 Å². The molecule has 0 amide bonds. The van der Waals surface area contributed by atoms with Gasteiger partial charge in [0.2, 0.25) is 18.7 Å². The van der Waals surface area contributed by atoms with Crippen LogP contribution >= 0.6 is 0 Å². The van der Waals surface area contributed by atoms with Crippen LogP contribution in [0.25, 0.3) is 0 Å². The molecule has 0 bridgehead atoms. The van der Waals surface area contributed by atoms with Crippen molar-refractivity contribution in [3.8, 4) is 17.2 Å². The Labute approximate surface area is 303 Å². The predicted molar refractivity (Wildman–Crippen MR) is 175 cm³/mol. The summed E-state index contributed by atoms with van der Waals surface area (Å²) in [4.78, 5) is 50.0. The van der Waals surface area contributed by atoms with Crippen molar-refractivity contribution in [2.45, 2.75) is 102 Å². The first kappa shape index (κ1) is 41.2. The van der Waals surface area contributed by atoms with Crippen molar-refractivity contribution in [1.29, 1.82) is 0 Å². The molecule has 0 spiro atoms. The molecule has 0 radical (unpaired) electrons. The summed E-state index contributed by atoms with van der Waals surface area (Å²) >= 11 is 0. The van der Waals surface area contributed by atoms with Crippen LogP contribution in [0.15, 0.2) is 42.5 Å². The van der Waals surface area contributed by atoms with Gasteiger partial charge in [-0.05, 0) is 24.1 Å². The summed E-state index contributed by atoms with van der Waals surface area (Å²) in [5, 5.41) is 62.0. The fourth-order valence-corrected chi connectivity index (χ4v) is 5.50. The molecule has 2 aromatic rings. The highest BCUT2D eigenvalue weighted by Gasteiger charge is 2.51. The van der Waals surface area contributed by atoms with Crippen molar-refractivity contribution >= 4 is 23.9 Å². The normalized spacial score (nSPS) is 28.4. The number of esters is 4. The lowest BCUT2D eigenvalue weighted by Crippen LogP contribution is -2.62. The summed E-state index contributed by atoms with van der Waals surface area (Å²) in [6, 6.07) is 9.83. The van der Waals surface area contributed by atoms with Gasteiger partial charge in [0, 0.05) is 25.8 Å². The highest BCUT2D eigenvalue weighted by molar-refractivity contribution is 5.95. The lowest BCUT2D eigenvalue weighted by atomic mass is 9.98. The third-order valence-corrected chi connectivity index (χ3v) is 8.09. The Kier molecular flexibility index (Phi) is 14.4. The van der Waals surface area contributed by atoms with E-state index in [1.807, 2.05) is 0 Å². The largest absolute Gasteiger partial charge is 0.507 e. The lowest BCUT2D eigenvalue weighted by Gasteiger charge is -2.43. The number of carbonyl (C=O) groups excluding carboxylic acids is 4. The number of benzene rings is 2. The molecule has 18 heteroatoms. The summed E-state index contributed by atoms with van der Waals surface area (Å²) < 4.78 is 44.4. The van der Waals surface area contributed by atoms with Gasteiger partial charge < -0.3 is 68.5 Å². The summed E-state index contributed by atoms with van der Waals surface area (Å²) in [5.74, 6) is -4.51. The Morgan fingerprint density at radius 2 is 1.40 bits per heavy atom. The zero-order chi connectivity index (χ0) is 39.0. The molecule has 2 aromatic carbocycles. The second-order valence-corrected chi connectivity index (χ2v) is 12.7. The maximum absolute atomic E-state index is 13.5. The molecule has 0 unspecified atom stereocenters. The molecule has 10 atom stereocenters. The van der Waals surface area contributed by atoms with E-state index >= 15 is 0 Å². The van der Waals surface area contributed by atoms with Gasteiger partial charge in [-0.1, -0.05) is 38.1 Å². The summed E-state index contributed by atoms with van der Waals surface area (Å²) in [6.45, 7) is 4.00. The van der Waals surface area contributed by atoms with Gasteiger partial charge in [-0.2, -0.15) is 0 Å². The Hall–Kier alpha value is -4.56. The molecule has 2 aliphatic rings. The van der Waals surface area contributed by atoms with Crippen LogP contribution in [0.3, 0.4) is 0 Å². The number of aromatic hydroxyl groups is 1. The number of hydrogen-bond acceptors (Lipinski definition) is 18. The molecule has 0 saturated carbocycles. The molecule has 0 aliphatic carbocycles. The van der Waals surface area contributed by atoms with E-state index in [0.717, 1.165) is 19.9 Å². The van der Waals surface area contributed by atoms with Crippen molar-refractivity contribution in [1.82, 2.24) is 0 Å². The number of hydrogen-bond donors (Lipinski definition) is 6. The minimum absolute atomic E-state index is 0.0358. The Morgan fingerprint density at radius 1 is 0.736 bits per heavy atom. The van der Waals surface area contributed by atoms with E-state index in [9.17, 15) is 49.8 Å². The second kappa shape index (κ2) is 18.5. The molecule has 2 aliphatic heterocycles. The minimum Gasteiger partial charge on any atom is -0.507 e. The second-order valence-electron chi connectivity index (χ2n) is 12.7. The lowest BCUT2D eigenvalue weighted by molar-refractivity contribution is -0.286. The molecule has 292 valence electrons. The van der Waals surface area contributed by atoms with Crippen LogP contribution in [0.4, 0.5) is 0 Å². The van der Waals surface area contributed by atoms with E-state index in [0.29, 0.717) is 0 Å². The molecule has 6 N–H and O–H groups in total. The molecular weight excluding hydrogens is 708 g/mol. The van der Waals surface area contributed by atoms with Gasteiger partial charge in [0.05, 0.1) is 6.61 Å².